The highest BCUT2D eigenvalue weighted by Gasteiger charge is 2.33. The predicted octanol–water partition coefficient (Wildman–Crippen LogP) is 1.94. The molecule has 3 aliphatic rings. The number of aromatic carboxylic acids is 1. The molecule has 2 aliphatic heterocycles. The molecule has 4 heterocycles. The van der Waals surface area contributed by atoms with Crippen molar-refractivity contribution in [3.63, 3.8) is 0 Å². The number of carboxylic acid groups (broad SMARTS) is 1. The van der Waals surface area contributed by atoms with Crippen molar-refractivity contribution in [2.75, 3.05) is 44.2 Å². The van der Waals surface area contributed by atoms with Crippen molar-refractivity contribution in [3.8, 4) is 0 Å². The van der Waals surface area contributed by atoms with E-state index < -0.39 is 17.3 Å². The van der Waals surface area contributed by atoms with E-state index in [1.165, 1.54) is 6.07 Å². The Bertz CT molecular complexity index is 1190. The Morgan fingerprint density at radius 3 is 2.58 bits per heavy atom. The van der Waals surface area contributed by atoms with Crippen LogP contribution in [0.2, 0.25) is 0 Å². The molecule has 1 atom stereocenters. The van der Waals surface area contributed by atoms with Gasteiger partial charge in [0.25, 0.3) is 5.56 Å². The largest absolute Gasteiger partial charge is 0.477 e. The zero-order valence-electron chi connectivity index (χ0n) is 18.5. The van der Waals surface area contributed by atoms with Gasteiger partial charge in [0.05, 0.1) is 23.9 Å². The summed E-state index contributed by atoms with van der Waals surface area (Å²) in [7, 11) is 0. The molecule has 2 aromatic heterocycles. The molecule has 0 aromatic carbocycles. The van der Waals surface area contributed by atoms with Crippen LogP contribution in [0.15, 0.2) is 17.1 Å². The fraction of sp³-hybridized carbons (Fsp3) is 0.522. The number of fused-ring (bicyclic) bond motifs is 1. The molecule has 0 spiro atoms. The number of piperazine rings is 1. The van der Waals surface area contributed by atoms with Crippen molar-refractivity contribution >= 4 is 23.3 Å². The Hall–Kier alpha value is -3.14. The van der Waals surface area contributed by atoms with Crippen LogP contribution in [-0.4, -0.2) is 71.8 Å². The number of carboxylic acids is 1. The monoisotopic (exact) mass is 458 g/mol. The SMILES string of the molecule is Cc1c(N2CC[C@H](OC(=O)N3CCNCC3)C2)c(F)cn2c(=O)c(C(=O)O)cc(C3CC3)c12. The number of aryl methyl sites for hydroxylation is 1. The number of ether oxygens (including phenoxy) is 1. The Labute approximate surface area is 189 Å². The van der Waals surface area contributed by atoms with E-state index in [1.807, 2.05) is 4.90 Å². The summed E-state index contributed by atoms with van der Waals surface area (Å²) in [6, 6.07) is 1.45. The maximum atomic E-state index is 15.3. The molecule has 0 unspecified atom stereocenters. The molecular formula is C23H27FN4O5. The average Bonchev–Trinajstić information content (AvgIpc) is 3.54. The van der Waals surface area contributed by atoms with Gasteiger partial charge in [-0.1, -0.05) is 0 Å². The van der Waals surface area contributed by atoms with E-state index in [1.54, 1.807) is 11.8 Å². The highest BCUT2D eigenvalue weighted by atomic mass is 19.1. The van der Waals surface area contributed by atoms with Crippen molar-refractivity contribution in [1.82, 2.24) is 14.6 Å². The van der Waals surface area contributed by atoms with Crippen LogP contribution in [0.5, 0.6) is 0 Å². The van der Waals surface area contributed by atoms with Gasteiger partial charge in [-0.25, -0.2) is 14.0 Å². The fourth-order valence-corrected chi connectivity index (χ4v) is 4.98. The summed E-state index contributed by atoms with van der Waals surface area (Å²) in [6.07, 6.45) is 2.81. The molecule has 176 valence electrons. The molecule has 0 bridgehead atoms. The molecule has 2 saturated heterocycles. The second-order valence-electron chi connectivity index (χ2n) is 9.04. The zero-order chi connectivity index (χ0) is 23.3. The molecular weight excluding hydrogens is 431 g/mol. The Kier molecular flexibility index (Phi) is 5.48. The lowest BCUT2D eigenvalue weighted by Gasteiger charge is -2.28. The molecule has 0 radical (unpaired) electrons. The van der Waals surface area contributed by atoms with Gasteiger partial charge in [0.2, 0.25) is 0 Å². The minimum absolute atomic E-state index is 0.169. The summed E-state index contributed by atoms with van der Waals surface area (Å²) in [5, 5.41) is 12.6. The first-order valence-electron chi connectivity index (χ1n) is 11.4. The molecule has 3 fully saturated rings. The normalized spacial score (nSPS) is 21.0. The van der Waals surface area contributed by atoms with Gasteiger partial charge >= 0.3 is 12.1 Å². The molecule has 33 heavy (non-hydrogen) atoms. The molecule has 10 heteroatoms. The van der Waals surface area contributed by atoms with Crippen LogP contribution in [0.4, 0.5) is 14.9 Å². The van der Waals surface area contributed by atoms with Gasteiger partial charge in [0, 0.05) is 39.1 Å². The van der Waals surface area contributed by atoms with Gasteiger partial charge < -0.3 is 25.0 Å². The first-order chi connectivity index (χ1) is 15.8. The number of aromatic nitrogens is 1. The van der Waals surface area contributed by atoms with E-state index in [0.717, 1.165) is 42.1 Å². The summed E-state index contributed by atoms with van der Waals surface area (Å²) < 4.78 is 22.1. The Morgan fingerprint density at radius 1 is 1.18 bits per heavy atom. The second-order valence-corrected chi connectivity index (χ2v) is 9.04. The van der Waals surface area contributed by atoms with Gasteiger partial charge in [-0.2, -0.15) is 0 Å². The summed E-state index contributed by atoms with van der Waals surface area (Å²) in [4.78, 5) is 40.3. The van der Waals surface area contributed by atoms with Crippen molar-refractivity contribution in [3.05, 3.63) is 45.1 Å². The van der Waals surface area contributed by atoms with E-state index in [-0.39, 0.29) is 23.7 Å². The lowest BCUT2D eigenvalue weighted by molar-refractivity contribution is 0.0672. The summed E-state index contributed by atoms with van der Waals surface area (Å²) in [6.45, 7) is 5.32. The molecule has 5 rings (SSSR count). The zero-order valence-corrected chi connectivity index (χ0v) is 18.5. The minimum atomic E-state index is -1.31. The van der Waals surface area contributed by atoms with Crippen LogP contribution in [0.25, 0.3) is 5.52 Å². The highest BCUT2D eigenvalue weighted by Crippen LogP contribution is 2.44. The maximum absolute atomic E-state index is 15.3. The number of hydrogen-bond acceptors (Lipinski definition) is 6. The second kappa shape index (κ2) is 8.33. The Balaban J connectivity index is 1.46. The topological polar surface area (TPSA) is 104 Å². The number of rotatable bonds is 4. The smallest absolute Gasteiger partial charge is 0.410 e. The molecule has 9 nitrogen and oxygen atoms in total. The standard InChI is InChI=1S/C23H27FN4O5/c1-13-19-16(14-2-3-14)10-17(22(30)31)21(29)28(19)12-18(24)20(13)27-7-4-15(11-27)33-23(32)26-8-5-25-6-9-26/h10,12,14-15,25H,2-9,11H2,1H3,(H,30,31)/t15-/m0/s1. The van der Waals surface area contributed by atoms with E-state index >= 15 is 4.39 Å². The van der Waals surface area contributed by atoms with E-state index in [2.05, 4.69) is 5.32 Å². The number of pyridine rings is 2. The summed E-state index contributed by atoms with van der Waals surface area (Å²) >= 11 is 0. The number of nitrogens with one attached hydrogen (secondary N) is 1. The van der Waals surface area contributed by atoms with Crippen LogP contribution in [0, 0.1) is 12.7 Å². The molecule has 2 N–H and O–H groups in total. The lowest BCUT2D eigenvalue weighted by Crippen LogP contribution is -2.47. The van der Waals surface area contributed by atoms with Crippen LogP contribution in [0.1, 0.15) is 46.7 Å². The van der Waals surface area contributed by atoms with E-state index in [0.29, 0.717) is 49.4 Å². The first-order valence-corrected chi connectivity index (χ1v) is 11.4. The molecule has 2 aromatic rings. The summed E-state index contributed by atoms with van der Waals surface area (Å²) in [5.74, 6) is -1.74. The number of anilines is 1. The van der Waals surface area contributed by atoms with Crippen LogP contribution in [0.3, 0.4) is 0 Å². The third-order valence-electron chi connectivity index (χ3n) is 6.79. The predicted molar refractivity (Wildman–Crippen MR) is 119 cm³/mol. The molecule has 1 saturated carbocycles. The van der Waals surface area contributed by atoms with Crippen LogP contribution < -0.4 is 15.8 Å². The fourth-order valence-electron chi connectivity index (χ4n) is 4.98. The maximum Gasteiger partial charge on any atom is 0.410 e. The first kappa shape index (κ1) is 21.7. The number of amides is 1. The Morgan fingerprint density at radius 2 is 1.91 bits per heavy atom. The molecule has 1 aliphatic carbocycles. The van der Waals surface area contributed by atoms with Gasteiger partial charge in [-0.3, -0.25) is 9.20 Å². The number of halogens is 1. The average molecular weight is 458 g/mol. The van der Waals surface area contributed by atoms with Crippen LogP contribution >= 0.6 is 0 Å². The van der Waals surface area contributed by atoms with Gasteiger partial charge in [0.15, 0.2) is 5.82 Å². The van der Waals surface area contributed by atoms with Gasteiger partial charge in [-0.05, 0) is 42.9 Å². The van der Waals surface area contributed by atoms with Crippen molar-refractivity contribution in [2.24, 2.45) is 0 Å². The highest BCUT2D eigenvalue weighted by molar-refractivity contribution is 5.89. The number of nitrogens with zero attached hydrogens (tertiary/aromatic N) is 3. The molecule has 1 amide bonds. The number of carbonyl (C=O) groups excluding carboxylic acids is 1. The number of hydrogen-bond donors (Lipinski definition) is 2. The van der Waals surface area contributed by atoms with E-state index in [9.17, 15) is 19.5 Å². The van der Waals surface area contributed by atoms with Gasteiger partial charge in [-0.15, -0.1) is 0 Å². The van der Waals surface area contributed by atoms with Gasteiger partial charge in [0.1, 0.15) is 11.7 Å². The number of carbonyl (C=O) groups is 2. The minimum Gasteiger partial charge on any atom is -0.477 e. The van der Waals surface area contributed by atoms with Crippen LogP contribution in [-0.2, 0) is 4.74 Å². The van der Waals surface area contributed by atoms with Crippen molar-refractivity contribution < 1.29 is 23.8 Å². The lowest BCUT2D eigenvalue weighted by atomic mass is 10.0. The summed E-state index contributed by atoms with van der Waals surface area (Å²) in [5.41, 5.74) is 1.23. The third-order valence-corrected chi connectivity index (χ3v) is 6.79. The van der Waals surface area contributed by atoms with Crippen molar-refractivity contribution in [1.29, 1.82) is 0 Å². The van der Waals surface area contributed by atoms with Crippen molar-refractivity contribution in [2.45, 2.75) is 38.2 Å². The van der Waals surface area contributed by atoms with E-state index in [4.69, 9.17) is 4.74 Å². The quantitative estimate of drug-likeness (QED) is 0.722. The third kappa shape index (κ3) is 3.92.